The Labute approximate surface area is 126 Å². The molecule has 0 bridgehead atoms. The van der Waals surface area contributed by atoms with Gasteiger partial charge in [0.1, 0.15) is 5.75 Å². The second kappa shape index (κ2) is 7.05. The first-order valence-corrected chi connectivity index (χ1v) is 7.00. The normalized spacial score (nSPS) is 10.1. The van der Waals surface area contributed by atoms with Crippen LogP contribution in [0.15, 0.2) is 47.2 Å². The molecule has 0 aliphatic carbocycles. The summed E-state index contributed by atoms with van der Waals surface area (Å²) in [6, 6.07) is 9.56. The number of pyridine rings is 1. The van der Waals surface area contributed by atoms with Crippen LogP contribution < -0.4 is 10.1 Å². The number of carbonyl (C=O) groups is 1. The fourth-order valence-electron chi connectivity index (χ4n) is 1.79. The molecule has 1 aromatic carbocycles. The largest absolute Gasteiger partial charge is 0.497 e. The summed E-state index contributed by atoms with van der Waals surface area (Å²) in [5.74, 6) is 0.701. The van der Waals surface area contributed by atoms with E-state index in [1.165, 1.54) is 0 Å². The highest BCUT2D eigenvalue weighted by Gasteiger charge is 2.05. The smallest absolute Gasteiger partial charge is 0.252 e. The van der Waals surface area contributed by atoms with Crippen LogP contribution in [0.5, 0.6) is 5.75 Å². The summed E-state index contributed by atoms with van der Waals surface area (Å²) in [6.45, 7) is 0.568. The van der Waals surface area contributed by atoms with Crippen LogP contribution in [0.25, 0.3) is 0 Å². The molecular weight excluding hydrogens is 320 g/mol. The lowest BCUT2D eigenvalue weighted by Gasteiger charge is -2.07. The van der Waals surface area contributed by atoms with Gasteiger partial charge in [-0.15, -0.1) is 0 Å². The maximum Gasteiger partial charge on any atom is 0.252 e. The number of aromatic nitrogens is 1. The van der Waals surface area contributed by atoms with E-state index in [9.17, 15) is 4.79 Å². The third kappa shape index (κ3) is 4.06. The highest BCUT2D eigenvalue weighted by atomic mass is 79.9. The van der Waals surface area contributed by atoms with Gasteiger partial charge in [0.05, 0.1) is 12.7 Å². The van der Waals surface area contributed by atoms with Crippen LogP contribution in [-0.2, 0) is 6.42 Å². The molecule has 0 saturated heterocycles. The molecule has 0 aliphatic rings. The van der Waals surface area contributed by atoms with Crippen LogP contribution in [0.3, 0.4) is 0 Å². The Kier molecular flexibility index (Phi) is 5.12. The molecule has 2 aromatic rings. The van der Waals surface area contributed by atoms with Gasteiger partial charge in [-0.3, -0.25) is 9.78 Å². The van der Waals surface area contributed by atoms with E-state index < -0.39 is 0 Å². The van der Waals surface area contributed by atoms with Crippen LogP contribution in [0, 0.1) is 0 Å². The number of hydrogen-bond acceptors (Lipinski definition) is 3. The van der Waals surface area contributed by atoms with Crippen molar-refractivity contribution in [2.24, 2.45) is 0 Å². The topological polar surface area (TPSA) is 51.2 Å². The zero-order valence-electron chi connectivity index (χ0n) is 11.1. The van der Waals surface area contributed by atoms with Gasteiger partial charge in [-0.2, -0.15) is 0 Å². The number of benzene rings is 1. The second-order valence-corrected chi connectivity index (χ2v) is 5.16. The number of ether oxygens (including phenoxy) is 1. The molecule has 2 rings (SSSR count). The van der Waals surface area contributed by atoms with Gasteiger partial charge < -0.3 is 10.1 Å². The van der Waals surface area contributed by atoms with Crippen LogP contribution in [0.1, 0.15) is 15.9 Å². The molecule has 0 radical (unpaired) electrons. The van der Waals surface area contributed by atoms with Gasteiger partial charge in [0.25, 0.3) is 5.91 Å². The molecule has 4 nitrogen and oxygen atoms in total. The van der Waals surface area contributed by atoms with Gasteiger partial charge >= 0.3 is 0 Å². The van der Waals surface area contributed by atoms with E-state index in [-0.39, 0.29) is 5.91 Å². The summed E-state index contributed by atoms with van der Waals surface area (Å²) in [5.41, 5.74) is 1.67. The summed E-state index contributed by atoms with van der Waals surface area (Å²) in [5, 5.41) is 2.87. The average molecular weight is 335 g/mol. The minimum atomic E-state index is -0.123. The van der Waals surface area contributed by atoms with Crippen molar-refractivity contribution >= 4 is 21.8 Å². The summed E-state index contributed by atoms with van der Waals surface area (Å²) < 4.78 is 5.95. The molecule has 1 aromatic heterocycles. The van der Waals surface area contributed by atoms with E-state index in [0.29, 0.717) is 12.1 Å². The van der Waals surface area contributed by atoms with Gasteiger partial charge in [0, 0.05) is 23.4 Å². The average Bonchev–Trinajstić information content (AvgIpc) is 2.47. The summed E-state index contributed by atoms with van der Waals surface area (Å²) in [7, 11) is 1.64. The van der Waals surface area contributed by atoms with E-state index in [4.69, 9.17) is 4.74 Å². The van der Waals surface area contributed by atoms with Crippen molar-refractivity contribution in [3.63, 3.8) is 0 Å². The molecule has 1 amide bonds. The fraction of sp³-hybridized carbons (Fsp3) is 0.200. The SMILES string of the molecule is COc1cccc(CCNC(=O)c2cncc(Br)c2)c1. The van der Waals surface area contributed by atoms with Crippen LogP contribution in [0.2, 0.25) is 0 Å². The Morgan fingerprint density at radius 3 is 2.95 bits per heavy atom. The molecule has 0 atom stereocenters. The molecule has 104 valence electrons. The highest BCUT2D eigenvalue weighted by Crippen LogP contribution is 2.13. The third-order valence-corrected chi connectivity index (χ3v) is 3.23. The van der Waals surface area contributed by atoms with Crippen molar-refractivity contribution in [2.75, 3.05) is 13.7 Å². The first-order valence-electron chi connectivity index (χ1n) is 6.21. The molecule has 1 heterocycles. The van der Waals surface area contributed by atoms with E-state index in [0.717, 1.165) is 22.2 Å². The van der Waals surface area contributed by atoms with E-state index in [2.05, 4.69) is 26.2 Å². The molecule has 0 aliphatic heterocycles. The van der Waals surface area contributed by atoms with E-state index in [1.54, 1.807) is 25.6 Å². The number of rotatable bonds is 5. The molecular formula is C15H15BrN2O2. The quantitative estimate of drug-likeness (QED) is 0.914. The van der Waals surface area contributed by atoms with Crippen molar-refractivity contribution in [1.82, 2.24) is 10.3 Å². The minimum absolute atomic E-state index is 0.123. The zero-order chi connectivity index (χ0) is 14.4. The molecule has 0 unspecified atom stereocenters. The van der Waals surface area contributed by atoms with Crippen molar-refractivity contribution in [3.8, 4) is 5.75 Å². The number of amides is 1. The van der Waals surface area contributed by atoms with Gasteiger partial charge in [-0.05, 0) is 46.1 Å². The summed E-state index contributed by atoms with van der Waals surface area (Å²) in [4.78, 5) is 15.9. The van der Waals surface area contributed by atoms with Crippen molar-refractivity contribution < 1.29 is 9.53 Å². The Morgan fingerprint density at radius 1 is 1.35 bits per heavy atom. The van der Waals surface area contributed by atoms with Crippen LogP contribution in [0.4, 0.5) is 0 Å². The first-order chi connectivity index (χ1) is 9.69. The van der Waals surface area contributed by atoms with Crippen molar-refractivity contribution in [1.29, 1.82) is 0 Å². The zero-order valence-corrected chi connectivity index (χ0v) is 12.7. The summed E-state index contributed by atoms with van der Waals surface area (Å²) in [6.07, 6.45) is 3.95. The van der Waals surface area contributed by atoms with Crippen LogP contribution >= 0.6 is 15.9 Å². The van der Waals surface area contributed by atoms with E-state index >= 15 is 0 Å². The Bertz CT molecular complexity index is 602. The van der Waals surface area contributed by atoms with Gasteiger partial charge in [-0.25, -0.2) is 0 Å². The van der Waals surface area contributed by atoms with Crippen LogP contribution in [-0.4, -0.2) is 24.5 Å². The number of methoxy groups -OCH3 is 1. The maximum atomic E-state index is 11.9. The number of nitrogens with zero attached hydrogens (tertiary/aromatic N) is 1. The van der Waals surface area contributed by atoms with E-state index in [1.807, 2.05) is 24.3 Å². The van der Waals surface area contributed by atoms with Crippen molar-refractivity contribution in [2.45, 2.75) is 6.42 Å². The van der Waals surface area contributed by atoms with Gasteiger partial charge in [0.15, 0.2) is 0 Å². The lowest BCUT2D eigenvalue weighted by atomic mass is 10.1. The van der Waals surface area contributed by atoms with Gasteiger partial charge in [-0.1, -0.05) is 12.1 Å². The monoisotopic (exact) mass is 334 g/mol. The lowest BCUT2D eigenvalue weighted by molar-refractivity contribution is 0.0953. The molecule has 0 fully saturated rings. The highest BCUT2D eigenvalue weighted by molar-refractivity contribution is 9.10. The number of nitrogens with one attached hydrogen (secondary N) is 1. The third-order valence-electron chi connectivity index (χ3n) is 2.80. The molecule has 5 heteroatoms. The lowest BCUT2D eigenvalue weighted by Crippen LogP contribution is -2.25. The van der Waals surface area contributed by atoms with Gasteiger partial charge in [0.2, 0.25) is 0 Å². The minimum Gasteiger partial charge on any atom is -0.497 e. The number of halogens is 1. The molecule has 1 N–H and O–H groups in total. The maximum absolute atomic E-state index is 11.9. The molecule has 0 spiro atoms. The number of carbonyl (C=O) groups excluding carboxylic acids is 1. The first kappa shape index (κ1) is 14.5. The number of hydrogen-bond donors (Lipinski definition) is 1. The van der Waals surface area contributed by atoms with Crippen molar-refractivity contribution in [3.05, 3.63) is 58.3 Å². The summed E-state index contributed by atoms with van der Waals surface area (Å²) >= 11 is 3.29. The molecule has 20 heavy (non-hydrogen) atoms. The Hall–Kier alpha value is -1.88. The molecule has 0 saturated carbocycles. The predicted octanol–water partition coefficient (Wildman–Crippen LogP) is 2.83. The predicted molar refractivity (Wildman–Crippen MR) is 81.0 cm³/mol. The standard InChI is InChI=1S/C15H15BrN2O2/c1-20-14-4-2-3-11(7-14)5-6-18-15(19)12-8-13(16)10-17-9-12/h2-4,7-10H,5-6H2,1H3,(H,18,19). The fourth-order valence-corrected chi connectivity index (χ4v) is 2.15. The Balaban J connectivity index is 1.88. The Morgan fingerprint density at radius 2 is 2.20 bits per heavy atom. The second-order valence-electron chi connectivity index (χ2n) is 4.25.